The van der Waals surface area contributed by atoms with E-state index in [1.54, 1.807) is 0 Å². The summed E-state index contributed by atoms with van der Waals surface area (Å²) in [5, 5.41) is 10.0. The Hall–Kier alpha value is -7.42. The maximum Gasteiger partial charge on any atom is 0.0541 e. The van der Waals surface area contributed by atoms with Crippen molar-refractivity contribution in [2.24, 2.45) is 0 Å². The molecule has 2 heteroatoms. The normalized spacial score (nSPS) is 11.6. The molecular formula is C54H36N2. The van der Waals surface area contributed by atoms with Gasteiger partial charge in [-0.3, -0.25) is 0 Å². The maximum absolute atomic E-state index is 2.47. The Kier molecular flexibility index (Phi) is 7.53. The third-order valence-electron chi connectivity index (χ3n) is 11.3. The molecular weight excluding hydrogens is 677 g/mol. The molecule has 0 unspecified atom stereocenters. The molecule has 0 saturated heterocycles. The Labute approximate surface area is 325 Å². The van der Waals surface area contributed by atoms with Crippen LogP contribution >= 0.6 is 0 Å². The quantitative estimate of drug-likeness (QED) is 0.156. The van der Waals surface area contributed by atoms with Crippen molar-refractivity contribution in [2.45, 2.75) is 0 Å². The van der Waals surface area contributed by atoms with Crippen LogP contribution in [0, 0.1) is 0 Å². The molecule has 0 aliphatic heterocycles. The molecule has 0 atom stereocenters. The molecule has 0 fully saturated rings. The number of hydrogen-bond donors (Lipinski definition) is 0. The maximum atomic E-state index is 2.47. The molecule has 0 saturated carbocycles. The molecule has 0 radical (unpaired) electrons. The second-order valence-corrected chi connectivity index (χ2v) is 14.5. The molecule has 11 aromatic rings. The molecule has 0 aliphatic carbocycles. The number of hydrogen-bond acceptors (Lipinski definition) is 1. The summed E-state index contributed by atoms with van der Waals surface area (Å²) in [6.45, 7) is 0. The molecule has 0 N–H and O–H groups in total. The van der Waals surface area contributed by atoms with E-state index in [1.807, 2.05) is 0 Å². The van der Waals surface area contributed by atoms with Gasteiger partial charge in [0.25, 0.3) is 0 Å². The summed E-state index contributed by atoms with van der Waals surface area (Å²) in [4.78, 5) is 2.47. The van der Waals surface area contributed by atoms with Gasteiger partial charge in [-0.05, 0) is 97.5 Å². The first-order chi connectivity index (χ1) is 27.8. The Balaban J connectivity index is 1.25. The predicted octanol–water partition coefficient (Wildman–Crippen LogP) is 15.0. The molecule has 262 valence electrons. The Morgan fingerprint density at radius 3 is 1.39 bits per heavy atom. The van der Waals surface area contributed by atoms with Crippen molar-refractivity contribution in [3.63, 3.8) is 0 Å². The first-order valence-corrected chi connectivity index (χ1v) is 19.3. The summed E-state index contributed by atoms with van der Waals surface area (Å²) in [6, 6.07) is 79.6. The molecule has 0 spiro atoms. The van der Waals surface area contributed by atoms with Crippen molar-refractivity contribution < 1.29 is 0 Å². The minimum atomic E-state index is 1.08. The lowest BCUT2D eigenvalue weighted by molar-refractivity contribution is 1.17. The largest absolute Gasteiger partial charge is 0.310 e. The van der Waals surface area contributed by atoms with E-state index in [0.717, 1.165) is 28.3 Å². The van der Waals surface area contributed by atoms with Crippen molar-refractivity contribution in [1.82, 2.24) is 4.57 Å². The molecule has 56 heavy (non-hydrogen) atoms. The SMILES string of the molecule is c1ccc(-c2cc(N(c3ccc4c5ccccc5c5ccccc5c4c3)c3ccccc3-c3ccccc3)cc(-n3c4ccccc4c4ccccc43)c2)cc1. The highest BCUT2D eigenvalue weighted by Gasteiger charge is 2.22. The molecule has 0 aliphatic rings. The van der Waals surface area contributed by atoms with Gasteiger partial charge in [0.1, 0.15) is 0 Å². The minimum absolute atomic E-state index is 1.08. The molecule has 1 aromatic heterocycles. The van der Waals surface area contributed by atoms with Gasteiger partial charge in [0.15, 0.2) is 0 Å². The van der Waals surface area contributed by atoms with E-state index in [0.29, 0.717) is 0 Å². The van der Waals surface area contributed by atoms with E-state index in [-0.39, 0.29) is 0 Å². The topological polar surface area (TPSA) is 8.17 Å². The predicted molar refractivity (Wildman–Crippen MR) is 239 cm³/mol. The van der Waals surface area contributed by atoms with E-state index in [2.05, 4.69) is 228 Å². The highest BCUT2D eigenvalue weighted by Crippen LogP contribution is 2.46. The standard InChI is InChI=1S/C54H36N2/c1-3-17-37(18-4-1)39-33-41(35-42(34-39)56-53-29-15-12-26-49(53)50-27-13-16-30-54(50)56)55(52-28-14-11-21-43(52)38-19-5-2-6-20-38)40-31-32-48-46-24-8-7-22-44(46)45-23-9-10-25-47(45)51(48)36-40/h1-36H. The van der Waals surface area contributed by atoms with Crippen LogP contribution in [0.3, 0.4) is 0 Å². The van der Waals surface area contributed by atoms with Gasteiger partial charge in [-0.15, -0.1) is 0 Å². The van der Waals surface area contributed by atoms with E-state index < -0.39 is 0 Å². The van der Waals surface area contributed by atoms with Gasteiger partial charge in [0, 0.05) is 33.4 Å². The van der Waals surface area contributed by atoms with Gasteiger partial charge in [0.05, 0.1) is 16.7 Å². The van der Waals surface area contributed by atoms with Gasteiger partial charge in [-0.1, -0.05) is 170 Å². The van der Waals surface area contributed by atoms with Gasteiger partial charge >= 0.3 is 0 Å². The molecule has 0 amide bonds. The second-order valence-electron chi connectivity index (χ2n) is 14.5. The highest BCUT2D eigenvalue weighted by molar-refractivity contribution is 6.26. The fraction of sp³-hybridized carbons (Fsp3) is 0. The minimum Gasteiger partial charge on any atom is -0.310 e. The number of anilines is 3. The summed E-state index contributed by atoms with van der Waals surface area (Å²) in [5.74, 6) is 0. The summed E-state index contributed by atoms with van der Waals surface area (Å²) < 4.78 is 2.43. The molecule has 11 rings (SSSR count). The zero-order valence-corrected chi connectivity index (χ0v) is 30.7. The van der Waals surface area contributed by atoms with E-state index in [9.17, 15) is 0 Å². The Bertz CT molecular complexity index is 3160. The average molecular weight is 713 g/mol. The van der Waals surface area contributed by atoms with Crippen LogP contribution in [0.25, 0.3) is 82.1 Å². The third-order valence-corrected chi connectivity index (χ3v) is 11.3. The average Bonchev–Trinajstić information content (AvgIpc) is 3.62. The zero-order chi connectivity index (χ0) is 37.0. The lowest BCUT2D eigenvalue weighted by atomic mass is 9.93. The Morgan fingerprint density at radius 1 is 0.286 bits per heavy atom. The van der Waals surface area contributed by atoms with Gasteiger partial charge in [-0.25, -0.2) is 0 Å². The van der Waals surface area contributed by atoms with E-state index in [4.69, 9.17) is 0 Å². The van der Waals surface area contributed by atoms with Crippen molar-refractivity contribution >= 4 is 71.2 Å². The van der Waals surface area contributed by atoms with Crippen molar-refractivity contribution in [1.29, 1.82) is 0 Å². The number of rotatable bonds is 6. The van der Waals surface area contributed by atoms with E-state index >= 15 is 0 Å². The molecule has 10 aromatic carbocycles. The number of para-hydroxylation sites is 3. The van der Waals surface area contributed by atoms with Crippen LogP contribution in [0.5, 0.6) is 0 Å². The molecule has 0 bridgehead atoms. The third kappa shape index (κ3) is 5.19. The second kappa shape index (κ2) is 13.2. The van der Waals surface area contributed by atoms with Crippen molar-refractivity contribution in [2.75, 3.05) is 4.90 Å². The summed E-state index contributed by atoms with van der Waals surface area (Å²) >= 11 is 0. The summed E-state index contributed by atoms with van der Waals surface area (Å²) in [5.41, 5.74) is 11.4. The number of benzene rings is 10. The fourth-order valence-electron chi connectivity index (χ4n) is 8.84. The van der Waals surface area contributed by atoms with Gasteiger partial charge in [0.2, 0.25) is 0 Å². The Morgan fingerprint density at radius 2 is 0.768 bits per heavy atom. The number of fused-ring (bicyclic) bond motifs is 9. The van der Waals surface area contributed by atoms with E-state index in [1.165, 1.54) is 70.8 Å². The van der Waals surface area contributed by atoms with Crippen LogP contribution in [0.2, 0.25) is 0 Å². The fourth-order valence-corrected chi connectivity index (χ4v) is 8.84. The molecule has 2 nitrogen and oxygen atoms in total. The van der Waals surface area contributed by atoms with Crippen LogP contribution in [0.1, 0.15) is 0 Å². The van der Waals surface area contributed by atoms with Crippen LogP contribution in [-0.4, -0.2) is 4.57 Å². The summed E-state index contributed by atoms with van der Waals surface area (Å²) in [6.07, 6.45) is 0. The molecule has 1 heterocycles. The van der Waals surface area contributed by atoms with Gasteiger partial charge in [-0.2, -0.15) is 0 Å². The van der Waals surface area contributed by atoms with Gasteiger partial charge < -0.3 is 9.47 Å². The van der Waals surface area contributed by atoms with Crippen LogP contribution < -0.4 is 4.90 Å². The first kappa shape index (κ1) is 32.0. The van der Waals surface area contributed by atoms with Crippen LogP contribution in [0.15, 0.2) is 218 Å². The monoisotopic (exact) mass is 712 g/mol. The lowest BCUT2D eigenvalue weighted by Gasteiger charge is -2.29. The van der Waals surface area contributed by atoms with Crippen LogP contribution in [-0.2, 0) is 0 Å². The first-order valence-electron chi connectivity index (χ1n) is 19.3. The van der Waals surface area contributed by atoms with Crippen molar-refractivity contribution in [3.8, 4) is 27.9 Å². The van der Waals surface area contributed by atoms with Crippen LogP contribution in [0.4, 0.5) is 17.1 Å². The smallest absolute Gasteiger partial charge is 0.0541 e. The number of nitrogens with zero attached hydrogens (tertiary/aromatic N) is 2. The summed E-state index contributed by atoms with van der Waals surface area (Å²) in [7, 11) is 0. The van der Waals surface area contributed by atoms with Crippen molar-refractivity contribution in [3.05, 3.63) is 218 Å². The highest BCUT2D eigenvalue weighted by atomic mass is 15.1. The zero-order valence-electron chi connectivity index (χ0n) is 30.7. The number of aromatic nitrogens is 1. The lowest BCUT2D eigenvalue weighted by Crippen LogP contribution is -2.12.